The molecule has 5 heteroatoms. The molecular weight excluding hydrogens is 244 g/mol. The number of rotatable bonds is 3. The Bertz CT molecular complexity index is 551. The van der Waals surface area contributed by atoms with E-state index in [1.54, 1.807) is 11.3 Å². The molecule has 96 valence electrons. The molecule has 1 saturated heterocycles. The molecule has 0 bridgehead atoms. The molecular formula is C13H18N4S. The summed E-state index contributed by atoms with van der Waals surface area (Å²) in [6.45, 7) is 2.16. The molecule has 3 N–H and O–H groups in total. The zero-order valence-electron chi connectivity index (χ0n) is 10.5. The molecule has 1 aliphatic rings. The second-order valence-electron chi connectivity index (χ2n) is 4.88. The first-order valence-corrected chi connectivity index (χ1v) is 7.19. The molecule has 0 saturated carbocycles. The van der Waals surface area contributed by atoms with Gasteiger partial charge in [-0.2, -0.15) is 0 Å². The Morgan fingerprint density at radius 2 is 2.44 bits per heavy atom. The third-order valence-electron chi connectivity index (χ3n) is 3.74. The van der Waals surface area contributed by atoms with Gasteiger partial charge >= 0.3 is 0 Å². The minimum atomic E-state index is 0.621. The van der Waals surface area contributed by atoms with Crippen molar-refractivity contribution in [2.45, 2.75) is 18.9 Å². The number of benzene rings is 1. The minimum absolute atomic E-state index is 0.621. The standard InChI is InChI=1S/C13H18N4S/c1-17-6-2-3-9(17)7-15-10-4-5-11-13(12(10)14)16-8-18-11/h4-5,8-9,15H,2-3,6-7,14H2,1H3. The van der Waals surface area contributed by atoms with Crippen LogP contribution in [-0.4, -0.2) is 36.1 Å². The van der Waals surface area contributed by atoms with E-state index in [0.717, 1.165) is 28.1 Å². The average molecular weight is 262 g/mol. The van der Waals surface area contributed by atoms with E-state index in [1.165, 1.54) is 19.4 Å². The molecule has 0 radical (unpaired) electrons. The summed E-state index contributed by atoms with van der Waals surface area (Å²) < 4.78 is 1.15. The van der Waals surface area contributed by atoms with Crippen LogP contribution in [0.2, 0.25) is 0 Å². The van der Waals surface area contributed by atoms with Crippen molar-refractivity contribution in [2.24, 2.45) is 0 Å². The first-order valence-electron chi connectivity index (χ1n) is 6.31. The lowest BCUT2D eigenvalue weighted by Gasteiger charge is -2.20. The number of nitrogens with one attached hydrogen (secondary N) is 1. The molecule has 0 spiro atoms. The van der Waals surface area contributed by atoms with Crippen LogP contribution in [-0.2, 0) is 0 Å². The maximum atomic E-state index is 6.15. The lowest BCUT2D eigenvalue weighted by atomic mass is 10.2. The van der Waals surface area contributed by atoms with Crippen LogP contribution >= 0.6 is 11.3 Å². The summed E-state index contributed by atoms with van der Waals surface area (Å²) in [6.07, 6.45) is 2.56. The van der Waals surface area contributed by atoms with Gasteiger partial charge in [-0.15, -0.1) is 11.3 Å². The van der Waals surface area contributed by atoms with E-state index in [4.69, 9.17) is 5.73 Å². The van der Waals surface area contributed by atoms with Crippen LogP contribution in [0.15, 0.2) is 17.6 Å². The number of aromatic nitrogens is 1. The van der Waals surface area contributed by atoms with E-state index in [9.17, 15) is 0 Å². The highest BCUT2D eigenvalue weighted by molar-refractivity contribution is 7.16. The topological polar surface area (TPSA) is 54.2 Å². The summed E-state index contributed by atoms with van der Waals surface area (Å²) in [7, 11) is 2.19. The van der Waals surface area contributed by atoms with Crippen molar-refractivity contribution < 1.29 is 0 Å². The van der Waals surface area contributed by atoms with Crippen molar-refractivity contribution in [3.63, 3.8) is 0 Å². The Kier molecular flexibility index (Phi) is 3.09. The number of nitrogen functional groups attached to an aromatic ring is 1. The second-order valence-corrected chi connectivity index (χ2v) is 5.77. The first kappa shape index (κ1) is 11.7. The average Bonchev–Trinajstić information content (AvgIpc) is 2.98. The largest absolute Gasteiger partial charge is 0.395 e. The van der Waals surface area contributed by atoms with E-state index < -0.39 is 0 Å². The van der Waals surface area contributed by atoms with Crippen molar-refractivity contribution in [1.29, 1.82) is 0 Å². The molecule has 1 aromatic heterocycles. The Labute approximate surface area is 111 Å². The number of hydrogen-bond donors (Lipinski definition) is 2. The quantitative estimate of drug-likeness (QED) is 0.834. The molecule has 1 atom stereocenters. The molecule has 1 unspecified atom stereocenters. The van der Waals surface area contributed by atoms with Gasteiger partial charge < -0.3 is 16.0 Å². The normalized spacial score (nSPS) is 20.6. The van der Waals surface area contributed by atoms with Crippen molar-refractivity contribution in [2.75, 3.05) is 31.2 Å². The first-order chi connectivity index (χ1) is 8.75. The van der Waals surface area contributed by atoms with Crippen LogP contribution in [0.25, 0.3) is 10.2 Å². The molecule has 3 rings (SSSR count). The van der Waals surface area contributed by atoms with Gasteiger partial charge in [0.05, 0.1) is 21.6 Å². The number of hydrogen-bond acceptors (Lipinski definition) is 5. The number of likely N-dealkylation sites (tertiary alicyclic amines) is 1. The number of nitrogens with zero attached hydrogens (tertiary/aromatic N) is 2. The van der Waals surface area contributed by atoms with Crippen LogP contribution in [0.3, 0.4) is 0 Å². The summed E-state index contributed by atoms with van der Waals surface area (Å²) in [5, 5.41) is 3.47. The van der Waals surface area contributed by atoms with Crippen molar-refractivity contribution in [3.05, 3.63) is 17.6 Å². The molecule has 2 heterocycles. The van der Waals surface area contributed by atoms with E-state index in [-0.39, 0.29) is 0 Å². The highest BCUT2D eigenvalue weighted by Crippen LogP contribution is 2.30. The third-order valence-corrected chi connectivity index (χ3v) is 4.54. The zero-order chi connectivity index (χ0) is 12.5. The zero-order valence-corrected chi connectivity index (χ0v) is 11.3. The fourth-order valence-corrected chi connectivity index (χ4v) is 3.26. The Balaban J connectivity index is 1.76. The maximum absolute atomic E-state index is 6.15. The number of likely N-dealkylation sites (N-methyl/N-ethyl adjacent to an activating group) is 1. The fraction of sp³-hybridized carbons (Fsp3) is 0.462. The van der Waals surface area contributed by atoms with Gasteiger partial charge in [0.1, 0.15) is 5.52 Å². The van der Waals surface area contributed by atoms with Crippen molar-refractivity contribution in [1.82, 2.24) is 9.88 Å². The summed E-state index contributed by atoms with van der Waals surface area (Å²) in [6, 6.07) is 4.77. The second kappa shape index (κ2) is 4.74. The van der Waals surface area contributed by atoms with Gasteiger partial charge in [-0.3, -0.25) is 0 Å². The molecule has 0 aliphatic carbocycles. The van der Waals surface area contributed by atoms with Gasteiger partial charge in [0, 0.05) is 12.6 Å². The molecule has 1 fully saturated rings. The molecule has 1 aromatic carbocycles. The Morgan fingerprint density at radius 1 is 1.56 bits per heavy atom. The maximum Gasteiger partial charge on any atom is 0.106 e. The molecule has 2 aromatic rings. The van der Waals surface area contributed by atoms with Crippen LogP contribution in [0, 0.1) is 0 Å². The van der Waals surface area contributed by atoms with E-state index in [1.807, 2.05) is 5.51 Å². The minimum Gasteiger partial charge on any atom is -0.395 e. The lowest BCUT2D eigenvalue weighted by molar-refractivity contribution is 0.322. The number of thiazole rings is 1. The Morgan fingerprint density at radius 3 is 3.22 bits per heavy atom. The highest BCUT2D eigenvalue weighted by atomic mass is 32.1. The van der Waals surface area contributed by atoms with E-state index in [0.29, 0.717) is 6.04 Å². The highest BCUT2D eigenvalue weighted by Gasteiger charge is 2.20. The van der Waals surface area contributed by atoms with Crippen molar-refractivity contribution in [3.8, 4) is 0 Å². The van der Waals surface area contributed by atoms with Gasteiger partial charge in [-0.25, -0.2) is 4.98 Å². The van der Waals surface area contributed by atoms with E-state index in [2.05, 4.69) is 34.4 Å². The van der Waals surface area contributed by atoms with E-state index >= 15 is 0 Å². The van der Waals surface area contributed by atoms with Gasteiger partial charge in [0.15, 0.2) is 0 Å². The van der Waals surface area contributed by atoms with Gasteiger partial charge in [0.25, 0.3) is 0 Å². The SMILES string of the molecule is CN1CCCC1CNc1ccc2scnc2c1N. The van der Waals surface area contributed by atoms with Crippen LogP contribution < -0.4 is 11.1 Å². The summed E-state index contributed by atoms with van der Waals surface area (Å²) in [5.74, 6) is 0. The van der Waals surface area contributed by atoms with Crippen LogP contribution in [0.5, 0.6) is 0 Å². The lowest BCUT2D eigenvalue weighted by Crippen LogP contribution is -2.31. The third kappa shape index (κ3) is 2.04. The number of nitrogens with two attached hydrogens (primary N) is 1. The van der Waals surface area contributed by atoms with Gasteiger partial charge in [0.2, 0.25) is 0 Å². The van der Waals surface area contributed by atoms with Gasteiger partial charge in [-0.05, 0) is 38.6 Å². The number of anilines is 2. The molecule has 0 amide bonds. The molecule has 4 nitrogen and oxygen atoms in total. The Hall–Kier alpha value is -1.33. The predicted octanol–water partition coefficient (Wildman–Crippen LogP) is 2.38. The van der Waals surface area contributed by atoms with Gasteiger partial charge in [-0.1, -0.05) is 0 Å². The molecule has 18 heavy (non-hydrogen) atoms. The number of fused-ring (bicyclic) bond motifs is 1. The predicted molar refractivity (Wildman–Crippen MR) is 78.2 cm³/mol. The fourth-order valence-electron chi connectivity index (χ4n) is 2.57. The summed E-state index contributed by atoms with van der Waals surface area (Å²) in [5.41, 5.74) is 10.7. The van der Waals surface area contributed by atoms with Crippen LogP contribution in [0.1, 0.15) is 12.8 Å². The summed E-state index contributed by atoms with van der Waals surface area (Å²) >= 11 is 1.63. The van der Waals surface area contributed by atoms with Crippen LogP contribution in [0.4, 0.5) is 11.4 Å². The van der Waals surface area contributed by atoms with Crippen molar-refractivity contribution >= 4 is 32.9 Å². The smallest absolute Gasteiger partial charge is 0.106 e. The summed E-state index contributed by atoms with van der Waals surface area (Å²) in [4.78, 5) is 6.72. The molecule has 1 aliphatic heterocycles. The monoisotopic (exact) mass is 262 g/mol.